The molecule has 0 bridgehead atoms. The van der Waals surface area contributed by atoms with Gasteiger partial charge < -0.3 is 19.6 Å². The molecule has 2 N–H and O–H groups in total. The van der Waals surface area contributed by atoms with Crippen molar-refractivity contribution in [2.24, 2.45) is 5.73 Å². The Balaban J connectivity index is 1.83. The molecule has 20 heavy (non-hydrogen) atoms. The van der Waals surface area contributed by atoms with Gasteiger partial charge in [0.25, 0.3) is 0 Å². The summed E-state index contributed by atoms with van der Waals surface area (Å²) >= 11 is 0. The third-order valence-corrected chi connectivity index (χ3v) is 2.65. The number of benzene rings is 1. The fraction of sp³-hybridized carbons (Fsp3) is 0.267. The van der Waals surface area contributed by atoms with Crippen LogP contribution in [0.15, 0.2) is 45.8 Å². The Morgan fingerprint density at radius 2 is 2.00 bits per heavy atom. The van der Waals surface area contributed by atoms with E-state index >= 15 is 0 Å². The van der Waals surface area contributed by atoms with Gasteiger partial charge in [-0.05, 0) is 24.6 Å². The maximum atomic E-state index is 11.6. The van der Waals surface area contributed by atoms with E-state index in [-0.39, 0.29) is 24.3 Å². The van der Waals surface area contributed by atoms with Crippen LogP contribution >= 0.6 is 0 Å². The number of hydrogen-bond acceptors (Lipinski definition) is 5. The van der Waals surface area contributed by atoms with E-state index in [2.05, 4.69) is 0 Å². The molecule has 0 saturated carbocycles. The quantitative estimate of drug-likeness (QED) is 0.814. The molecule has 0 saturated heterocycles. The van der Waals surface area contributed by atoms with Crippen molar-refractivity contribution in [3.05, 3.63) is 58.1 Å². The van der Waals surface area contributed by atoms with Gasteiger partial charge in [-0.2, -0.15) is 0 Å². The largest absolute Gasteiger partial charge is 0.490 e. The molecule has 0 spiro atoms. The van der Waals surface area contributed by atoms with E-state index in [1.54, 1.807) is 0 Å². The SMILES string of the molecule is Cc1cccc(OCCOc2coc(CN)cc2=O)c1. The van der Waals surface area contributed by atoms with E-state index < -0.39 is 0 Å². The average Bonchev–Trinajstić information content (AvgIpc) is 2.45. The van der Waals surface area contributed by atoms with Crippen LogP contribution < -0.4 is 20.6 Å². The minimum absolute atomic E-state index is 0.162. The van der Waals surface area contributed by atoms with Crippen LogP contribution in [0.1, 0.15) is 11.3 Å². The molecule has 106 valence electrons. The lowest BCUT2D eigenvalue weighted by atomic mass is 10.2. The number of ether oxygens (including phenoxy) is 2. The van der Waals surface area contributed by atoms with E-state index in [1.807, 2.05) is 31.2 Å². The van der Waals surface area contributed by atoms with Crippen molar-refractivity contribution < 1.29 is 13.9 Å². The van der Waals surface area contributed by atoms with Crippen LogP contribution in [0.4, 0.5) is 0 Å². The first-order chi connectivity index (χ1) is 9.69. The van der Waals surface area contributed by atoms with E-state index in [4.69, 9.17) is 19.6 Å². The molecular weight excluding hydrogens is 258 g/mol. The second-order valence-electron chi connectivity index (χ2n) is 4.29. The second kappa shape index (κ2) is 6.77. The van der Waals surface area contributed by atoms with Crippen molar-refractivity contribution >= 4 is 0 Å². The molecule has 5 nitrogen and oxygen atoms in total. The number of hydrogen-bond donors (Lipinski definition) is 1. The highest BCUT2D eigenvalue weighted by Gasteiger charge is 2.03. The number of aryl methyl sites for hydroxylation is 1. The van der Waals surface area contributed by atoms with Gasteiger partial charge in [-0.15, -0.1) is 0 Å². The molecule has 0 aliphatic heterocycles. The summed E-state index contributed by atoms with van der Waals surface area (Å²) in [4.78, 5) is 11.6. The minimum atomic E-state index is -0.243. The zero-order chi connectivity index (χ0) is 14.4. The van der Waals surface area contributed by atoms with Crippen LogP contribution in [0.2, 0.25) is 0 Å². The Labute approximate surface area is 116 Å². The molecule has 1 aromatic carbocycles. The first-order valence-electron chi connectivity index (χ1n) is 6.33. The van der Waals surface area contributed by atoms with Crippen molar-refractivity contribution in [2.45, 2.75) is 13.5 Å². The Kier molecular flexibility index (Phi) is 4.79. The molecule has 0 amide bonds. The number of nitrogens with two attached hydrogens (primary N) is 1. The summed E-state index contributed by atoms with van der Waals surface area (Å²) in [5.41, 5.74) is 6.26. The van der Waals surface area contributed by atoms with Crippen LogP contribution in [0.3, 0.4) is 0 Å². The lowest BCUT2D eigenvalue weighted by molar-refractivity contribution is 0.211. The first kappa shape index (κ1) is 14.1. The average molecular weight is 275 g/mol. The zero-order valence-corrected chi connectivity index (χ0v) is 11.3. The summed E-state index contributed by atoms with van der Waals surface area (Å²) in [6, 6.07) is 9.05. The van der Waals surface area contributed by atoms with Gasteiger partial charge in [-0.25, -0.2) is 0 Å². The van der Waals surface area contributed by atoms with Crippen LogP contribution in [0.25, 0.3) is 0 Å². The van der Waals surface area contributed by atoms with Crippen LogP contribution in [-0.4, -0.2) is 13.2 Å². The smallest absolute Gasteiger partial charge is 0.227 e. The van der Waals surface area contributed by atoms with Crippen LogP contribution in [0, 0.1) is 6.92 Å². The van der Waals surface area contributed by atoms with Gasteiger partial charge >= 0.3 is 0 Å². The van der Waals surface area contributed by atoms with E-state index in [0.717, 1.165) is 11.3 Å². The topological polar surface area (TPSA) is 74.7 Å². The fourth-order valence-electron chi connectivity index (χ4n) is 1.67. The van der Waals surface area contributed by atoms with Gasteiger partial charge in [0.15, 0.2) is 0 Å². The lowest BCUT2D eigenvalue weighted by Gasteiger charge is -2.08. The molecule has 2 rings (SSSR count). The predicted molar refractivity (Wildman–Crippen MR) is 75.0 cm³/mol. The monoisotopic (exact) mass is 275 g/mol. The normalized spacial score (nSPS) is 10.3. The molecular formula is C15H17NO4. The summed E-state index contributed by atoms with van der Waals surface area (Å²) in [5, 5.41) is 0. The van der Waals surface area contributed by atoms with E-state index in [9.17, 15) is 4.79 Å². The van der Waals surface area contributed by atoms with Crippen LogP contribution in [0.5, 0.6) is 11.5 Å². The third-order valence-electron chi connectivity index (χ3n) is 2.65. The van der Waals surface area contributed by atoms with Gasteiger partial charge in [-0.3, -0.25) is 4.79 Å². The Morgan fingerprint density at radius 1 is 1.20 bits per heavy atom. The van der Waals surface area contributed by atoms with Gasteiger partial charge in [-0.1, -0.05) is 12.1 Å². The first-order valence-corrected chi connectivity index (χ1v) is 6.33. The van der Waals surface area contributed by atoms with Crippen molar-refractivity contribution in [3.8, 4) is 11.5 Å². The highest BCUT2D eigenvalue weighted by Crippen LogP contribution is 2.12. The third kappa shape index (κ3) is 3.86. The highest BCUT2D eigenvalue weighted by molar-refractivity contribution is 5.27. The summed E-state index contributed by atoms with van der Waals surface area (Å²) in [7, 11) is 0. The molecule has 0 aliphatic rings. The fourth-order valence-corrected chi connectivity index (χ4v) is 1.67. The molecule has 1 heterocycles. The highest BCUT2D eigenvalue weighted by atomic mass is 16.5. The minimum Gasteiger partial charge on any atom is -0.490 e. The van der Waals surface area contributed by atoms with Crippen molar-refractivity contribution in [1.29, 1.82) is 0 Å². The molecule has 0 fully saturated rings. The second-order valence-corrected chi connectivity index (χ2v) is 4.29. The van der Waals surface area contributed by atoms with E-state index in [0.29, 0.717) is 12.4 Å². The summed E-state index contributed by atoms with van der Waals surface area (Å²) in [6.45, 7) is 2.79. The molecule has 5 heteroatoms. The summed E-state index contributed by atoms with van der Waals surface area (Å²) in [5.74, 6) is 1.37. The van der Waals surface area contributed by atoms with Gasteiger partial charge in [0, 0.05) is 6.07 Å². The van der Waals surface area contributed by atoms with Crippen LogP contribution in [-0.2, 0) is 6.54 Å². The van der Waals surface area contributed by atoms with Crippen molar-refractivity contribution in [1.82, 2.24) is 0 Å². The molecule has 0 radical (unpaired) electrons. The Hall–Kier alpha value is -2.27. The van der Waals surface area contributed by atoms with E-state index in [1.165, 1.54) is 12.3 Å². The standard InChI is InChI=1S/C15H17NO4/c1-11-3-2-4-12(7-11)18-5-6-19-15-10-20-13(9-16)8-14(15)17/h2-4,7-8,10H,5-6,9,16H2,1H3. The lowest BCUT2D eigenvalue weighted by Crippen LogP contribution is -2.14. The number of rotatable bonds is 6. The zero-order valence-electron chi connectivity index (χ0n) is 11.3. The predicted octanol–water partition coefficient (Wildman–Crippen LogP) is 1.86. The molecule has 1 aromatic heterocycles. The van der Waals surface area contributed by atoms with Gasteiger partial charge in [0.2, 0.25) is 11.2 Å². The molecule has 2 aromatic rings. The van der Waals surface area contributed by atoms with Gasteiger partial charge in [0.05, 0.1) is 6.54 Å². The van der Waals surface area contributed by atoms with Gasteiger partial charge in [0.1, 0.15) is 31.0 Å². The molecule has 0 atom stereocenters. The van der Waals surface area contributed by atoms with Crippen molar-refractivity contribution in [2.75, 3.05) is 13.2 Å². The Bertz CT molecular complexity index is 621. The molecule has 0 unspecified atom stereocenters. The Morgan fingerprint density at radius 3 is 2.70 bits per heavy atom. The summed E-state index contributed by atoms with van der Waals surface area (Å²) in [6.07, 6.45) is 1.27. The summed E-state index contributed by atoms with van der Waals surface area (Å²) < 4.78 is 16.0. The molecule has 0 aliphatic carbocycles. The van der Waals surface area contributed by atoms with Crippen molar-refractivity contribution in [3.63, 3.8) is 0 Å². The maximum Gasteiger partial charge on any atom is 0.227 e. The maximum absolute atomic E-state index is 11.6.